The zero-order valence-electron chi connectivity index (χ0n) is 26.1. The number of aliphatic carboxylic acids is 1. The van der Waals surface area contributed by atoms with E-state index in [9.17, 15) is 26.4 Å². The smallest absolute Gasteiger partial charge is 0.355 e. The summed E-state index contributed by atoms with van der Waals surface area (Å²) in [5.74, 6) is -5.01. The number of nitrogens with one attached hydrogen (secondary N) is 1. The predicted octanol–water partition coefficient (Wildman–Crippen LogP) is 3.92. The van der Waals surface area contributed by atoms with E-state index in [0.717, 1.165) is 5.56 Å². The molecule has 3 aromatic heterocycles. The lowest BCUT2D eigenvalue weighted by atomic mass is 10.0. The maximum absolute atomic E-state index is 13.3. The van der Waals surface area contributed by atoms with Crippen LogP contribution < -0.4 is 15.2 Å². The van der Waals surface area contributed by atoms with Crippen molar-refractivity contribution in [1.29, 1.82) is 0 Å². The number of nitrogens with two attached hydrogens (primary N) is 1. The van der Waals surface area contributed by atoms with Crippen molar-refractivity contribution in [3.63, 3.8) is 0 Å². The van der Waals surface area contributed by atoms with Crippen molar-refractivity contribution in [3.05, 3.63) is 72.4 Å². The number of halogens is 3. The molecule has 0 saturated heterocycles. The summed E-state index contributed by atoms with van der Waals surface area (Å²) in [5.41, 5.74) is 9.69. The SMILES string of the molecule is Cn1nc(-c2ccc(NS(=O)(=O)C(F)F)c(OCCc3ccc(F)cc3)c2)c2c(N)ncc(-c3cnn(CCOCCOCC(=O)O)c3)c21. The number of carboxylic acid groups (broad SMARTS) is 1. The van der Waals surface area contributed by atoms with Crippen LogP contribution in [-0.2, 0) is 44.3 Å². The Hall–Kier alpha value is -5.20. The van der Waals surface area contributed by atoms with E-state index >= 15 is 0 Å². The van der Waals surface area contributed by atoms with Crippen molar-refractivity contribution >= 4 is 38.4 Å². The van der Waals surface area contributed by atoms with E-state index in [4.69, 9.17) is 25.1 Å². The average molecular weight is 704 g/mol. The van der Waals surface area contributed by atoms with Gasteiger partial charge in [0, 0.05) is 42.6 Å². The molecule has 49 heavy (non-hydrogen) atoms. The molecule has 0 saturated carbocycles. The summed E-state index contributed by atoms with van der Waals surface area (Å²) < 4.78 is 85.3. The summed E-state index contributed by atoms with van der Waals surface area (Å²) in [6.07, 6.45) is 5.35. The van der Waals surface area contributed by atoms with Gasteiger partial charge in [0.15, 0.2) is 0 Å². The number of sulfonamides is 1. The van der Waals surface area contributed by atoms with E-state index in [2.05, 4.69) is 15.2 Å². The fourth-order valence-corrected chi connectivity index (χ4v) is 5.48. The van der Waals surface area contributed by atoms with Crippen molar-refractivity contribution in [1.82, 2.24) is 24.5 Å². The fraction of sp³-hybridized carbons (Fsp3) is 0.290. The number of anilines is 2. The first-order valence-corrected chi connectivity index (χ1v) is 16.3. The first kappa shape index (κ1) is 35.1. The topological polar surface area (TPSA) is 186 Å². The van der Waals surface area contributed by atoms with Gasteiger partial charge in [-0.25, -0.2) is 22.6 Å². The maximum atomic E-state index is 13.3. The molecular weight excluding hydrogens is 671 g/mol. The van der Waals surface area contributed by atoms with Gasteiger partial charge in [-0.3, -0.25) is 14.1 Å². The minimum atomic E-state index is -5.01. The molecule has 260 valence electrons. The zero-order valence-corrected chi connectivity index (χ0v) is 26.9. The molecule has 0 fully saturated rings. The van der Waals surface area contributed by atoms with Crippen LogP contribution in [0.5, 0.6) is 5.75 Å². The molecule has 5 aromatic rings. The van der Waals surface area contributed by atoms with Crippen LogP contribution in [-0.4, -0.2) is 82.8 Å². The van der Waals surface area contributed by atoms with E-state index in [-0.39, 0.29) is 37.1 Å². The maximum Gasteiger partial charge on any atom is 0.355 e. The van der Waals surface area contributed by atoms with Gasteiger partial charge in [-0.05, 0) is 29.8 Å². The molecule has 0 spiro atoms. The van der Waals surface area contributed by atoms with Gasteiger partial charge in [0.25, 0.3) is 10.0 Å². The molecule has 0 bridgehead atoms. The molecule has 4 N–H and O–H groups in total. The minimum absolute atomic E-state index is 0.0167. The Morgan fingerprint density at radius 3 is 2.53 bits per heavy atom. The Balaban J connectivity index is 1.40. The molecule has 5 rings (SSSR count). The highest BCUT2D eigenvalue weighted by Gasteiger charge is 2.26. The molecule has 3 heterocycles. The van der Waals surface area contributed by atoms with Gasteiger partial charge in [0.2, 0.25) is 0 Å². The number of pyridine rings is 1. The van der Waals surface area contributed by atoms with E-state index in [1.165, 1.54) is 30.3 Å². The predicted molar refractivity (Wildman–Crippen MR) is 173 cm³/mol. The number of aromatic nitrogens is 5. The minimum Gasteiger partial charge on any atom is -0.491 e. The van der Waals surface area contributed by atoms with Crippen LogP contribution in [0.25, 0.3) is 33.3 Å². The number of alkyl halides is 2. The number of fused-ring (bicyclic) bond motifs is 1. The Morgan fingerprint density at radius 2 is 1.80 bits per heavy atom. The molecular formula is C31H32F3N7O7S. The van der Waals surface area contributed by atoms with Gasteiger partial charge in [-0.1, -0.05) is 18.2 Å². The summed E-state index contributed by atoms with van der Waals surface area (Å²) in [7, 11) is -3.30. The Labute approximate surface area is 278 Å². The van der Waals surface area contributed by atoms with Crippen molar-refractivity contribution in [2.45, 2.75) is 18.7 Å². The molecule has 0 aliphatic carbocycles. The third-order valence-corrected chi connectivity index (χ3v) is 8.17. The number of benzene rings is 2. The van der Waals surface area contributed by atoms with Crippen LogP contribution >= 0.6 is 0 Å². The Bertz CT molecular complexity index is 2040. The van der Waals surface area contributed by atoms with Crippen molar-refractivity contribution in [2.75, 3.05) is 43.5 Å². The molecule has 2 aromatic carbocycles. The molecule has 0 aliphatic heterocycles. The van der Waals surface area contributed by atoms with E-state index in [1.54, 1.807) is 47.1 Å². The van der Waals surface area contributed by atoms with Crippen molar-refractivity contribution in [2.24, 2.45) is 7.05 Å². The number of nitrogen functional groups attached to an aromatic ring is 1. The normalized spacial score (nSPS) is 11.8. The van der Waals surface area contributed by atoms with Gasteiger partial charge >= 0.3 is 11.7 Å². The number of aryl methyl sites for hydroxylation is 1. The first-order valence-electron chi connectivity index (χ1n) is 14.8. The molecule has 0 amide bonds. The summed E-state index contributed by atoms with van der Waals surface area (Å²) in [6.45, 7) is 0.706. The van der Waals surface area contributed by atoms with Crippen LogP contribution in [0.4, 0.5) is 24.7 Å². The second-order valence-electron chi connectivity index (χ2n) is 10.6. The van der Waals surface area contributed by atoms with Crippen LogP contribution in [0.3, 0.4) is 0 Å². The molecule has 0 unspecified atom stereocenters. The van der Waals surface area contributed by atoms with Gasteiger partial charge in [-0.15, -0.1) is 0 Å². The first-order chi connectivity index (χ1) is 23.4. The number of carboxylic acids is 1. The van der Waals surface area contributed by atoms with Crippen molar-refractivity contribution < 1.29 is 45.7 Å². The van der Waals surface area contributed by atoms with Gasteiger partial charge in [0.05, 0.1) is 55.8 Å². The highest BCUT2D eigenvalue weighted by molar-refractivity contribution is 7.93. The second-order valence-corrected chi connectivity index (χ2v) is 12.3. The number of carbonyl (C=O) groups is 1. The van der Waals surface area contributed by atoms with Crippen molar-refractivity contribution in [3.8, 4) is 28.1 Å². The standard InChI is InChI=1S/C31H32F3N7O7S/c1-40-29-23(21-15-37-41(17-21)9-11-46-12-13-47-18-26(42)43)16-36-30(35)27(29)28(38-40)20-4-7-24(39-49(44,45)31(33)34)25(14-20)48-10-8-19-2-5-22(32)6-3-19/h2-7,14-17,31,39H,8-13,18H2,1H3,(H2,35,36)(H,42,43). The number of hydrogen-bond donors (Lipinski definition) is 3. The van der Waals surface area contributed by atoms with Gasteiger partial charge < -0.3 is 25.1 Å². The van der Waals surface area contributed by atoms with E-state index in [0.29, 0.717) is 52.9 Å². The van der Waals surface area contributed by atoms with Crippen LogP contribution in [0.15, 0.2) is 61.1 Å². The summed E-state index contributed by atoms with van der Waals surface area (Å²) >= 11 is 0. The molecule has 0 radical (unpaired) electrons. The summed E-state index contributed by atoms with van der Waals surface area (Å²) in [4.78, 5) is 14.9. The van der Waals surface area contributed by atoms with Crippen LogP contribution in [0, 0.1) is 5.82 Å². The highest BCUT2D eigenvalue weighted by atomic mass is 32.2. The fourth-order valence-electron chi connectivity index (χ4n) is 4.91. The number of ether oxygens (including phenoxy) is 3. The third kappa shape index (κ3) is 8.64. The quantitative estimate of drug-likeness (QED) is 0.119. The van der Waals surface area contributed by atoms with E-state index in [1.807, 2.05) is 4.72 Å². The molecule has 0 aliphatic rings. The largest absolute Gasteiger partial charge is 0.491 e. The Kier molecular flexibility index (Phi) is 11.0. The zero-order chi connectivity index (χ0) is 35.1. The lowest BCUT2D eigenvalue weighted by Crippen LogP contribution is -2.21. The third-order valence-electron chi connectivity index (χ3n) is 7.20. The number of rotatable bonds is 17. The summed E-state index contributed by atoms with van der Waals surface area (Å²) in [6, 6.07) is 9.99. The second kappa shape index (κ2) is 15.3. The number of nitrogens with zero attached hydrogens (tertiary/aromatic N) is 5. The number of hydrogen-bond acceptors (Lipinski definition) is 10. The van der Waals surface area contributed by atoms with Crippen LogP contribution in [0.1, 0.15) is 5.56 Å². The van der Waals surface area contributed by atoms with Gasteiger partial charge in [0.1, 0.15) is 29.7 Å². The summed E-state index contributed by atoms with van der Waals surface area (Å²) in [5, 5.41) is 18.1. The Morgan fingerprint density at radius 1 is 1.04 bits per heavy atom. The van der Waals surface area contributed by atoms with Gasteiger partial charge in [-0.2, -0.15) is 19.0 Å². The molecule has 0 atom stereocenters. The lowest BCUT2D eigenvalue weighted by molar-refractivity contribution is -0.142. The van der Waals surface area contributed by atoms with E-state index < -0.39 is 34.2 Å². The monoisotopic (exact) mass is 703 g/mol. The molecule has 14 nitrogen and oxygen atoms in total. The average Bonchev–Trinajstić information content (AvgIpc) is 3.67. The highest BCUT2D eigenvalue weighted by Crippen LogP contribution is 2.39. The van der Waals surface area contributed by atoms with Crippen LogP contribution in [0.2, 0.25) is 0 Å². The molecule has 18 heteroatoms. The lowest BCUT2D eigenvalue weighted by Gasteiger charge is -2.15.